The van der Waals surface area contributed by atoms with Crippen LogP contribution in [0, 0.1) is 0 Å². The van der Waals surface area contributed by atoms with Gasteiger partial charge in [0.2, 0.25) is 0 Å². The van der Waals surface area contributed by atoms with Gasteiger partial charge < -0.3 is 14.3 Å². The highest BCUT2D eigenvalue weighted by molar-refractivity contribution is 6.55. The Hall–Kier alpha value is -1.80. The van der Waals surface area contributed by atoms with E-state index >= 15 is 0 Å². The first kappa shape index (κ1) is 25.5. The second kappa shape index (κ2) is 11.7. The van der Waals surface area contributed by atoms with Gasteiger partial charge in [0.25, 0.3) is 0 Å². The first-order valence-corrected chi connectivity index (χ1v) is 10.2. The number of hydrogen-bond acceptors (Lipinski definition) is 4. The average molecular weight is 517 g/mol. The van der Waals surface area contributed by atoms with E-state index in [4.69, 9.17) is 60.7 Å². The molecule has 0 radical (unpaired) electrons. The Labute approximate surface area is 197 Å². The maximum absolute atomic E-state index is 12.6. The molecule has 0 heterocycles. The Bertz CT molecular complexity index is 921. The van der Waals surface area contributed by atoms with Crippen LogP contribution >= 0.6 is 46.4 Å². The molecule has 0 N–H and O–H groups in total. The predicted octanol–water partition coefficient (Wildman–Crippen LogP) is 7.53. The van der Waals surface area contributed by atoms with Crippen LogP contribution < -0.4 is 9.47 Å². The summed E-state index contributed by atoms with van der Waals surface area (Å²) in [5, 5.41) is 4.33. The number of benzene rings is 2. The van der Waals surface area contributed by atoms with E-state index in [1.807, 2.05) is 0 Å². The second-order valence-corrected chi connectivity index (χ2v) is 7.78. The zero-order valence-electron chi connectivity index (χ0n) is 16.0. The molecule has 2 rings (SSSR count). The van der Waals surface area contributed by atoms with Gasteiger partial charge in [-0.25, -0.2) is 0 Å². The number of alkyl halides is 3. The third-order valence-corrected chi connectivity index (χ3v) is 4.58. The fourth-order valence-electron chi connectivity index (χ4n) is 2.24. The van der Waals surface area contributed by atoms with E-state index in [1.165, 1.54) is 30.3 Å². The first-order valence-electron chi connectivity index (χ1n) is 8.68. The molecule has 0 saturated heterocycles. The van der Waals surface area contributed by atoms with Gasteiger partial charge in [-0.3, -0.25) is 0 Å². The Morgan fingerprint density at radius 1 is 1.00 bits per heavy atom. The summed E-state index contributed by atoms with van der Waals surface area (Å²) >= 11 is 23.3. The fraction of sp³-hybridized carbons (Fsp3) is 0.250. The van der Waals surface area contributed by atoms with Gasteiger partial charge in [0.05, 0.1) is 21.3 Å². The standard InChI is InChI=1S/C20H16Cl4F3NO3/c1-12(13-2-4-14(5-3-13)20(25,26)27)28-31-9-8-30-19-16(21)10-15(11-17(19)22)29-7-6-18(23)24/h2-6,10-11H,7-9H2,1H3. The van der Waals surface area contributed by atoms with Crippen molar-refractivity contribution in [3.63, 3.8) is 0 Å². The molecule has 0 saturated carbocycles. The first-order chi connectivity index (χ1) is 14.6. The third-order valence-electron chi connectivity index (χ3n) is 3.71. The molecule has 31 heavy (non-hydrogen) atoms. The Morgan fingerprint density at radius 2 is 1.61 bits per heavy atom. The number of oxime groups is 1. The highest BCUT2D eigenvalue weighted by Crippen LogP contribution is 2.37. The molecule has 0 fully saturated rings. The number of ether oxygens (including phenoxy) is 2. The lowest BCUT2D eigenvalue weighted by Crippen LogP contribution is -2.07. The number of rotatable bonds is 9. The van der Waals surface area contributed by atoms with Gasteiger partial charge >= 0.3 is 6.18 Å². The summed E-state index contributed by atoms with van der Waals surface area (Å²) in [6.07, 6.45) is -2.93. The number of nitrogens with zero attached hydrogens (tertiary/aromatic N) is 1. The SMILES string of the molecule is CC(=NOCCOc1c(Cl)cc(OCC=C(Cl)Cl)cc1Cl)c1ccc(C(F)(F)F)cc1. The van der Waals surface area contributed by atoms with Gasteiger partial charge in [-0.2, -0.15) is 13.2 Å². The zero-order valence-corrected chi connectivity index (χ0v) is 19.0. The third kappa shape index (κ3) is 8.33. The second-order valence-electron chi connectivity index (χ2n) is 5.95. The van der Waals surface area contributed by atoms with Crippen LogP contribution in [0.1, 0.15) is 18.1 Å². The molecule has 0 aliphatic carbocycles. The number of halogens is 7. The van der Waals surface area contributed by atoms with Gasteiger partial charge in [-0.05, 0) is 30.7 Å². The molecular formula is C20H16Cl4F3NO3. The smallest absolute Gasteiger partial charge is 0.416 e. The Morgan fingerprint density at radius 3 is 2.16 bits per heavy atom. The van der Waals surface area contributed by atoms with E-state index < -0.39 is 11.7 Å². The Kier molecular flexibility index (Phi) is 9.62. The van der Waals surface area contributed by atoms with Crippen molar-refractivity contribution >= 4 is 52.1 Å². The monoisotopic (exact) mass is 515 g/mol. The lowest BCUT2D eigenvalue weighted by molar-refractivity contribution is -0.137. The van der Waals surface area contributed by atoms with Crippen molar-refractivity contribution in [2.45, 2.75) is 13.1 Å². The summed E-state index contributed by atoms with van der Waals surface area (Å²) in [6, 6.07) is 7.65. The highest BCUT2D eigenvalue weighted by atomic mass is 35.5. The van der Waals surface area contributed by atoms with Gasteiger partial charge in [0.1, 0.15) is 23.5 Å². The lowest BCUT2D eigenvalue weighted by Gasteiger charge is -2.12. The molecule has 4 nitrogen and oxygen atoms in total. The summed E-state index contributed by atoms with van der Waals surface area (Å²) < 4.78 is 48.8. The summed E-state index contributed by atoms with van der Waals surface area (Å²) in [7, 11) is 0. The number of hydrogen-bond donors (Lipinski definition) is 0. The molecule has 2 aromatic rings. The van der Waals surface area contributed by atoms with Crippen molar-refractivity contribution in [2.75, 3.05) is 19.8 Å². The van der Waals surface area contributed by atoms with Crippen molar-refractivity contribution in [2.24, 2.45) is 5.16 Å². The fourth-order valence-corrected chi connectivity index (χ4v) is 2.94. The molecule has 0 amide bonds. The topological polar surface area (TPSA) is 40.0 Å². The highest BCUT2D eigenvalue weighted by Gasteiger charge is 2.30. The van der Waals surface area contributed by atoms with Crippen molar-refractivity contribution < 1.29 is 27.5 Å². The minimum Gasteiger partial charge on any atom is -0.489 e. The predicted molar refractivity (Wildman–Crippen MR) is 117 cm³/mol. The summed E-state index contributed by atoms with van der Waals surface area (Å²) in [5.74, 6) is 0.648. The molecule has 168 valence electrons. The van der Waals surface area contributed by atoms with E-state index in [0.29, 0.717) is 17.0 Å². The largest absolute Gasteiger partial charge is 0.489 e. The molecule has 0 aliphatic rings. The van der Waals surface area contributed by atoms with Gasteiger partial charge in [-0.15, -0.1) is 0 Å². The van der Waals surface area contributed by atoms with E-state index in [1.54, 1.807) is 6.92 Å². The quantitative estimate of drug-likeness (QED) is 0.196. The van der Waals surface area contributed by atoms with Crippen LogP contribution in [0.3, 0.4) is 0 Å². The minimum atomic E-state index is -4.39. The van der Waals surface area contributed by atoms with E-state index in [0.717, 1.165) is 12.1 Å². The molecular weight excluding hydrogens is 501 g/mol. The van der Waals surface area contributed by atoms with Crippen molar-refractivity contribution in [3.05, 3.63) is 68.1 Å². The van der Waals surface area contributed by atoms with Gasteiger partial charge in [0, 0.05) is 12.1 Å². The minimum absolute atomic E-state index is 0.0574. The molecule has 0 aromatic heterocycles. The van der Waals surface area contributed by atoms with Crippen molar-refractivity contribution in [1.82, 2.24) is 0 Å². The van der Waals surface area contributed by atoms with E-state index in [2.05, 4.69) is 5.16 Å². The molecule has 0 atom stereocenters. The summed E-state index contributed by atoms with van der Waals surface area (Å²) in [5.41, 5.74) is 0.182. The summed E-state index contributed by atoms with van der Waals surface area (Å²) in [4.78, 5) is 5.15. The van der Waals surface area contributed by atoms with Crippen LogP contribution in [0.5, 0.6) is 11.5 Å². The van der Waals surface area contributed by atoms with Crippen LogP contribution in [0.2, 0.25) is 10.0 Å². The molecule has 11 heteroatoms. The van der Waals surface area contributed by atoms with E-state index in [9.17, 15) is 13.2 Å². The van der Waals surface area contributed by atoms with Gasteiger partial charge in [0.15, 0.2) is 12.4 Å². The normalized spacial score (nSPS) is 11.8. The van der Waals surface area contributed by atoms with E-state index in [-0.39, 0.29) is 40.1 Å². The van der Waals surface area contributed by atoms with Gasteiger partial charge in [-0.1, -0.05) is 63.7 Å². The Balaban J connectivity index is 1.86. The molecule has 0 bridgehead atoms. The molecule has 0 unspecified atom stereocenters. The average Bonchev–Trinajstić information content (AvgIpc) is 2.68. The van der Waals surface area contributed by atoms with Crippen LogP contribution in [-0.4, -0.2) is 25.5 Å². The summed E-state index contributed by atoms with van der Waals surface area (Å²) in [6.45, 7) is 1.89. The zero-order chi connectivity index (χ0) is 23.0. The van der Waals surface area contributed by atoms with Crippen LogP contribution in [0.25, 0.3) is 0 Å². The molecule has 0 spiro atoms. The maximum Gasteiger partial charge on any atom is 0.416 e. The maximum atomic E-state index is 12.6. The van der Waals surface area contributed by atoms with Crippen molar-refractivity contribution in [1.29, 1.82) is 0 Å². The van der Waals surface area contributed by atoms with Crippen molar-refractivity contribution in [3.8, 4) is 11.5 Å². The molecule has 0 aliphatic heterocycles. The van der Waals surface area contributed by atoms with Crippen LogP contribution in [0.15, 0.2) is 52.1 Å². The molecule has 2 aromatic carbocycles. The lowest BCUT2D eigenvalue weighted by atomic mass is 10.1. The van der Waals surface area contributed by atoms with Crippen LogP contribution in [0.4, 0.5) is 13.2 Å². The van der Waals surface area contributed by atoms with Crippen LogP contribution in [-0.2, 0) is 11.0 Å².